The number of nitrogens with one attached hydrogen (secondary N) is 1. The minimum Gasteiger partial charge on any atom is -0.381 e. The van der Waals surface area contributed by atoms with Crippen LogP contribution in [0.4, 0.5) is 0 Å². The van der Waals surface area contributed by atoms with Gasteiger partial charge in [-0.05, 0) is 42.9 Å². The van der Waals surface area contributed by atoms with Crippen molar-refractivity contribution in [3.05, 3.63) is 46.7 Å². The second kappa shape index (κ2) is 7.53. The first kappa shape index (κ1) is 15.9. The van der Waals surface area contributed by atoms with Crippen LogP contribution in [0.25, 0.3) is 0 Å². The Bertz CT molecular complexity index is 593. The molecule has 1 N–H and O–H groups in total. The number of nitrogens with zero attached hydrogens (tertiary/aromatic N) is 1. The number of rotatable bonds is 5. The highest BCUT2D eigenvalue weighted by Crippen LogP contribution is 2.43. The molecule has 1 aliphatic rings. The average Bonchev–Trinajstić information content (AvgIpc) is 3.02. The molecule has 1 aromatic heterocycles. The lowest BCUT2D eigenvalue weighted by atomic mass is 9.92. The van der Waals surface area contributed by atoms with Crippen LogP contribution in [0.1, 0.15) is 36.3 Å². The van der Waals surface area contributed by atoms with E-state index in [1.807, 2.05) is 30.1 Å². The average molecular weight is 337 g/mol. The first-order chi connectivity index (χ1) is 10.8. The van der Waals surface area contributed by atoms with Gasteiger partial charge in [-0.1, -0.05) is 42.4 Å². The lowest BCUT2D eigenvalue weighted by molar-refractivity contribution is 0.0656. The second-order valence-corrected chi connectivity index (χ2v) is 7.17. The van der Waals surface area contributed by atoms with Crippen LogP contribution in [0.3, 0.4) is 0 Å². The monoisotopic (exact) mass is 336 g/mol. The fourth-order valence-electron chi connectivity index (χ4n) is 2.81. The van der Waals surface area contributed by atoms with Crippen LogP contribution in [-0.2, 0) is 11.2 Å². The largest absolute Gasteiger partial charge is 0.381 e. The second-order valence-electron chi connectivity index (χ2n) is 5.61. The van der Waals surface area contributed by atoms with Gasteiger partial charge in [0.05, 0.1) is 0 Å². The molecule has 0 bridgehead atoms. The van der Waals surface area contributed by atoms with E-state index >= 15 is 0 Å². The molecule has 0 amide bonds. The first-order valence-electron chi connectivity index (χ1n) is 7.80. The van der Waals surface area contributed by atoms with E-state index in [4.69, 9.17) is 16.3 Å². The summed E-state index contributed by atoms with van der Waals surface area (Å²) in [5.74, 6) is 0.607. The van der Waals surface area contributed by atoms with Crippen LogP contribution >= 0.6 is 23.4 Å². The van der Waals surface area contributed by atoms with E-state index in [0.717, 1.165) is 42.7 Å². The van der Waals surface area contributed by atoms with Crippen molar-refractivity contribution in [1.82, 2.24) is 9.97 Å². The maximum absolute atomic E-state index is 6.04. The predicted molar refractivity (Wildman–Crippen MR) is 91.6 cm³/mol. The quantitative estimate of drug-likeness (QED) is 0.790. The van der Waals surface area contributed by atoms with Crippen LogP contribution in [0, 0.1) is 5.92 Å². The van der Waals surface area contributed by atoms with Gasteiger partial charge in [0.15, 0.2) is 5.16 Å². The maximum atomic E-state index is 6.04. The predicted octanol–water partition coefficient (Wildman–Crippen LogP) is 4.89. The van der Waals surface area contributed by atoms with Gasteiger partial charge < -0.3 is 9.72 Å². The summed E-state index contributed by atoms with van der Waals surface area (Å²) in [7, 11) is 0. The van der Waals surface area contributed by atoms with Gasteiger partial charge in [0, 0.05) is 35.4 Å². The van der Waals surface area contributed by atoms with Crippen molar-refractivity contribution in [2.24, 2.45) is 5.92 Å². The number of aromatic nitrogens is 2. The molecule has 1 aromatic carbocycles. The molecule has 1 saturated heterocycles. The molecule has 1 atom stereocenters. The van der Waals surface area contributed by atoms with Gasteiger partial charge >= 0.3 is 0 Å². The highest BCUT2D eigenvalue weighted by Gasteiger charge is 2.27. The molecule has 3 nitrogen and oxygen atoms in total. The molecule has 1 aliphatic heterocycles. The summed E-state index contributed by atoms with van der Waals surface area (Å²) in [6.45, 7) is 3.85. The zero-order chi connectivity index (χ0) is 15.4. The van der Waals surface area contributed by atoms with Crippen LogP contribution in [0.5, 0.6) is 0 Å². The number of aromatic amines is 1. The molecule has 0 radical (unpaired) electrons. The van der Waals surface area contributed by atoms with Crippen LogP contribution in [0.2, 0.25) is 5.02 Å². The smallest absolute Gasteiger partial charge is 0.166 e. The molecule has 1 fully saturated rings. The number of H-pyrrole nitrogens is 1. The minimum atomic E-state index is 0.386. The molecule has 3 rings (SSSR count). The molecule has 0 unspecified atom stereocenters. The fourth-order valence-corrected chi connectivity index (χ4v) is 4.23. The summed E-state index contributed by atoms with van der Waals surface area (Å²) >= 11 is 7.86. The number of imidazole rings is 1. The van der Waals surface area contributed by atoms with Crippen molar-refractivity contribution >= 4 is 23.4 Å². The van der Waals surface area contributed by atoms with E-state index in [1.165, 1.54) is 11.3 Å². The maximum Gasteiger partial charge on any atom is 0.166 e. The summed E-state index contributed by atoms with van der Waals surface area (Å²) < 4.78 is 5.52. The van der Waals surface area contributed by atoms with Crippen LogP contribution in [0.15, 0.2) is 35.6 Å². The van der Waals surface area contributed by atoms with E-state index in [0.29, 0.717) is 11.2 Å². The van der Waals surface area contributed by atoms with Gasteiger partial charge in [-0.15, -0.1) is 0 Å². The number of halogens is 1. The molecule has 0 aliphatic carbocycles. The van der Waals surface area contributed by atoms with Crippen LogP contribution < -0.4 is 0 Å². The third kappa shape index (κ3) is 3.86. The molecule has 0 spiro atoms. The van der Waals surface area contributed by atoms with Crippen molar-refractivity contribution < 1.29 is 4.74 Å². The third-order valence-electron chi connectivity index (χ3n) is 4.12. The topological polar surface area (TPSA) is 37.9 Å². The van der Waals surface area contributed by atoms with Gasteiger partial charge in [-0.3, -0.25) is 0 Å². The van der Waals surface area contributed by atoms with E-state index in [-0.39, 0.29) is 0 Å². The van der Waals surface area contributed by atoms with Gasteiger partial charge in [0.2, 0.25) is 0 Å². The Morgan fingerprint density at radius 3 is 2.68 bits per heavy atom. The lowest BCUT2D eigenvalue weighted by Crippen LogP contribution is -2.20. The van der Waals surface area contributed by atoms with E-state index in [9.17, 15) is 0 Å². The van der Waals surface area contributed by atoms with Crippen molar-refractivity contribution in [2.45, 2.75) is 36.6 Å². The highest BCUT2D eigenvalue weighted by atomic mass is 35.5. The molecular weight excluding hydrogens is 316 g/mol. The Morgan fingerprint density at radius 1 is 1.32 bits per heavy atom. The summed E-state index contributed by atoms with van der Waals surface area (Å²) in [6.07, 6.45) is 5.12. The summed E-state index contributed by atoms with van der Waals surface area (Å²) in [5, 5.41) is 2.17. The van der Waals surface area contributed by atoms with Gasteiger partial charge in [0.25, 0.3) is 0 Å². The highest BCUT2D eigenvalue weighted by molar-refractivity contribution is 7.99. The van der Waals surface area contributed by atoms with Crippen molar-refractivity contribution in [1.29, 1.82) is 0 Å². The Hall–Kier alpha value is -0.970. The Balaban J connectivity index is 1.82. The standard InChI is InChI=1S/C17H21ClN2OS/c1-2-15-11-19-17(20-15)22-16(13-7-9-21-10-8-13)12-3-5-14(18)6-4-12/h3-6,11,13,16H,2,7-10H2,1H3,(H,19,20)/t16-/m0/s1. The molecule has 5 heteroatoms. The minimum absolute atomic E-state index is 0.386. The molecule has 2 aromatic rings. The lowest BCUT2D eigenvalue weighted by Gasteiger charge is -2.29. The Labute approximate surface area is 140 Å². The normalized spacial score (nSPS) is 17.5. The van der Waals surface area contributed by atoms with Crippen molar-refractivity contribution in [3.63, 3.8) is 0 Å². The van der Waals surface area contributed by atoms with Crippen molar-refractivity contribution in [2.75, 3.05) is 13.2 Å². The number of hydrogen-bond acceptors (Lipinski definition) is 3. The molecule has 22 heavy (non-hydrogen) atoms. The number of hydrogen-bond donors (Lipinski definition) is 1. The number of benzene rings is 1. The van der Waals surface area contributed by atoms with E-state index in [1.54, 1.807) is 0 Å². The molecular formula is C17H21ClN2OS. The number of aryl methyl sites for hydroxylation is 1. The summed E-state index contributed by atoms with van der Waals surface area (Å²) in [5.41, 5.74) is 2.50. The number of ether oxygens (including phenoxy) is 1. The summed E-state index contributed by atoms with van der Waals surface area (Å²) in [4.78, 5) is 7.92. The molecule has 2 heterocycles. The SMILES string of the molecule is CCc1cnc(S[C@@H](c2ccc(Cl)cc2)C2CCOCC2)[nH]1. The number of thioether (sulfide) groups is 1. The summed E-state index contributed by atoms with van der Waals surface area (Å²) in [6, 6.07) is 8.23. The third-order valence-corrected chi connectivity index (χ3v) is 5.71. The Morgan fingerprint density at radius 2 is 2.05 bits per heavy atom. The first-order valence-corrected chi connectivity index (χ1v) is 9.05. The van der Waals surface area contributed by atoms with E-state index in [2.05, 4.69) is 29.0 Å². The molecule has 118 valence electrons. The zero-order valence-electron chi connectivity index (χ0n) is 12.7. The van der Waals surface area contributed by atoms with Crippen molar-refractivity contribution in [3.8, 4) is 0 Å². The Kier molecular flexibility index (Phi) is 5.45. The zero-order valence-corrected chi connectivity index (χ0v) is 14.3. The van der Waals surface area contributed by atoms with Crippen LogP contribution in [-0.4, -0.2) is 23.2 Å². The van der Waals surface area contributed by atoms with Gasteiger partial charge in [0.1, 0.15) is 0 Å². The fraction of sp³-hybridized carbons (Fsp3) is 0.471. The van der Waals surface area contributed by atoms with Gasteiger partial charge in [-0.2, -0.15) is 0 Å². The van der Waals surface area contributed by atoms with E-state index < -0.39 is 0 Å². The van der Waals surface area contributed by atoms with Gasteiger partial charge in [-0.25, -0.2) is 4.98 Å². The molecule has 0 saturated carbocycles.